The van der Waals surface area contributed by atoms with Crippen LogP contribution in [0.25, 0.3) is 0 Å². The van der Waals surface area contributed by atoms with Gasteiger partial charge in [-0.25, -0.2) is 13.8 Å². The van der Waals surface area contributed by atoms with E-state index >= 15 is 0 Å². The van der Waals surface area contributed by atoms with E-state index in [0.717, 1.165) is 0 Å². The van der Waals surface area contributed by atoms with Crippen LogP contribution in [0.15, 0.2) is 6.20 Å². The first kappa shape index (κ1) is 10.5. The number of aromatic nitrogens is 1. The molecule has 0 radical (unpaired) electrons. The largest absolute Gasteiger partial charge is 0.392 e. The van der Waals surface area contributed by atoms with E-state index in [1.165, 1.54) is 13.1 Å². The van der Waals surface area contributed by atoms with E-state index in [1.807, 2.05) is 0 Å². The number of halogens is 2. The summed E-state index contributed by atoms with van der Waals surface area (Å²) in [4.78, 5) is 3.66. The van der Waals surface area contributed by atoms with Crippen LogP contribution in [-0.4, -0.2) is 10.1 Å². The highest BCUT2D eigenvalue weighted by molar-refractivity contribution is 5.41. The average molecular weight is 198 g/mol. The standard InChI is InChI=1S/C9H8F2N2O/c1-5-3-13-7(2-12)6(4-14)8(5)9(10)11/h3,9,14H,4H2,1H3. The fraction of sp³-hybridized carbons (Fsp3) is 0.333. The summed E-state index contributed by atoms with van der Waals surface area (Å²) in [6, 6.07) is 1.66. The highest BCUT2D eigenvalue weighted by Gasteiger charge is 2.19. The molecule has 3 nitrogen and oxygen atoms in total. The fourth-order valence-corrected chi connectivity index (χ4v) is 1.23. The molecule has 0 aliphatic heterocycles. The van der Waals surface area contributed by atoms with Gasteiger partial charge in [0.15, 0.2) is 0 Å². The molecule has 0 unspecified atom stereocenters. The molecule has 0 atom stereocenters. The number of aliphatic hydroxyl groups excluding tert-OH is 1. The number of nitriles is 1. The Morgan fingerprint density at radius 2 is 2.29 bits per heavy atom. The topological polar surface area (TPSA) is 56.9 Å². The fourth-order valence-electron chi connectivity index (χ4n) is 1.23. The molecule has 0 aliphatic carbocycles. The van der Waals surface area contributed by atoms with Crippen molar-refractivity contribution >= 4 is 0 Å². The minimum Gasteiger partial charge on any atom is -0.392 e. The van der Waals surface area contributed by atoms with Gasteiger partial charge in [-0.2, -0.15) is 5.26 Å². The number of aliphatic hydroxyl groups is 1. The summed E-state index contributed by atoms with van der Waals surface area (Å²) < 4.78 is 25.1. The van der Waals surface area contributed by atoms with Crippen LogP contribution in [0.5, 0.6) is 0 Å². The van der Waals surface area contributed by atoms with Gasteiger partial charge in [-0.1, -0.05) is 0 Å². The van der Waals surface area contributed by atoms with Gasteiger partial charge in [0.25, 0.3) is 6.43 Å². The van der Waals surface area contributed by atoms with Crippen LogP contribution < -0.4 is 0 Å². The minimum atomic E-state index is -2.70. The second-order valence-electron chi connectivity index (χ2n) is 2.75. The second kappa shape index (κ2) is 4.11. The van der Waals surface area contributed by atoms with Crippen molar-refractivity contribution in [3.63, 3.8) is 0 Å². The first-order valence-corrected chi connectivity index (χ1v) is 3.89. The molecular weight excluding hydrogens is 190 g/mol. The van der Waals surface area contributed by atoms with Gasteiger partial charge in [-0.15, -0.1) is 0 Å². The lowest BCUT2D eigenvalue weighted by molar-refractivity contribution is 0.146. The number of alkyl halides is 2. The number of hydrogen-bond acceptors (Lipinski definition) is 3. The van der Waals surface area contributed by atoms with Crippen LogP contribution in [0.1, 0.15) is 28.8 Å². The quantitative estimate of drug-likeness (QED) is 0.786. The van der Waals surface area contributed by atoms with Gasteiger partial charge in [0, 0.05) is 17.3 Å². The van der Waals surface area contributed by atoms with Crippen LogP contribution >= 0.6 is 0 Å². The molecule has 1 heterocycles. The maximum Gasteiger partial charge on any atom is 0.264 e. The molecule has 5 heteroatoms. The maximum atomic E-state index is 12.5. The Hall–Kier alpha value is -1.54. The molecular formula is C9H8F2N2O. The third kappa shape index (κ3) is 1.70. The first-order valence-electron chi connectivity index (χ1n) is 3.89. The molecule has 0 saturated carbocycles. The van der Waals surface area contributed by atoms with Gasteiger partial charge in [0.1, 0.15) is 11.8 Å². The first-order chi connectivity index (χ1) is 6.61. The van der Waals surface area contributed by atoms with E-state index < -0.39 is 13.0 Å². The maximum absolute atomic E-state index is 12.5. The predicted octanol–water partition coefficient (Wildman–Crippen LogP) is 1.69. The molecule has 1 aromatic heterocycles. The lowest BCUT2D eigenvalue weighted by Gasteiger charge is -2.10. The van der Waals surface area contributed by atoms with Crippen LogP contribution in [-0.2, 0) is 6.61 Å². The molecule has 0 spiro atoms. The van der Waals surface area contributed by atoms with Gasteiger partial charge in [0.2, 0.25) is 0 Å². The molecule has 0 aromatic carbocycles. The molecule has 74 valence electrons. The van der Waals surface area contributed by atoms with E-state index in [-0.39, 0.29) is 22.4 Å². The Bertz CT molecular complexity index is 385. The lowest BCUT2D eigenvalue weighted by Crippen LogP contribution is -2.03. The summed E-state index contributed by atoms with van der Waals surface area (Å²) in [5, 5.41) is 17.5. The van der Waals surface area contributed by atoms with E-state index in [2.05, 4.69) is 4.98 Å². The van der Waals surface area contributed by atoms with E-state index in [4.69, 9.17) is 10.4 Å². The normalized spacial score (nSPS) is 10.3. The van der Waals surface area contributed by atoms with E-state index in [9.17, 15) is 8.78 Å². The van der Waals surface area contributed by atoms with Crippen molar-refractivity contribution in [2.75, 3.05) is 0 Å². The monoisotopic (exact) mass is 198 g/mol. The Morgan fingerprint density at radius 1 is 1.64 bits per heavy atom. The summed E-state index contributed by atoms with van der Waals surface area (Å²) in [5.74, 6) is 0. The number of pyridine rings is 1. The van der Waals surface area contributed by atoms with Gasteiger partial charge >= 0.3 is 0 Å². The summed E-state index contributed by atoms with van der Waals surface area (Å²) in [6.07, 6.45) is -1.49. The van der Waals surface area contributed by atoms with Gasteiger partial charge in [-0.05, 0) is 12.5 Å². The highest BCUT2D eigenvalue weighted by atomic mass is 19.3. The average Bonchev–Trinajstić information content (AvgIpc) is 2.16. The molecule has 1 rings (SSSR count). The van der Waals surface area contributed by atoms with Crippen molar-refractivity contribution in [3.05, 3.63) is 28.6 Å². The summed E-state index contributed by atoms with van der Waals surface area (Å²) in [6.45, 7) is 0.867. The Kier molecular flexibility index (Phi) is 3.10. The van der Waals surface area contributed by atoms with Gasteiger partial charge < -0.3 is 5.11 Å². The Morgan fingerprint density at radius 3 is 2.71 bits per heavy atom. The zero-order valence-electron chi connectivity index (χ0n) is 7.46. The zero-order chi connectivity index (χ0) is 10.7. The van der Waals surface area contributed by atoms with Crippen molar-refractivity contribution in [2.45, 2.75) is 20.0 Å². The van der Waals surface area contributed by atoms with Crippen LogP contribution in [0.2, 0.25) is 0 Å². The number of hydrogen-bond donors (Lipinski definition) is 1. The third-order valence-electron chi connectivity index (χ3n) is 1.91. The molecule has 0 amide bonds. The Balaban J connectivity index is 3.45. The molecule has 14 heavy (non-hydrogen) atoms. The Labute approximate surface area is 79.6 Å². The summed E-state index contributed by atoms with van der Waals surface area (Å²) in [7, 11) is 0. The van der Waals surface area contributed by atoms with Crippen molar-refractivity contribution in [1.82, 2.24) is 4.98 Å². The zero-order valence-corrected chi connectivity index (χ0v) is 7.46. The second-order valence-corrected chi connectivity index (χ2v) is 2.75. The predicted molar refractivity (Wildman–Crippen MR) is 44.6 cm³/mol. The highest BCUT2D eigenvalue weighted by Crippen LogP contribution is 2.27. The van der Waals surface area contributed by atoms with Crippen molar-refractivity contribution < 1.29 is 13.9 Å². The van der Waals surface area contributed by atoms with E-state index in [1.54, 1.807) is 6.07 Å². The number of rotatable bonds is 2. The van der Waals surface area contributed by atoms with Crippen molar-refractivity contribution in [3.8, 4) is 6.07 Å². The lowest BCUT2D eigenvalue weighted by atomic mass is 10.0. The minimum absolute atomic E-state index is 0.0810. The third-order valence-corrected chi connectivity index (χ3v) is 1.91. The van der Waals surface area contributed by atoms with Crippen LogP contribution in [0.4, 0.5) is 8.78 Å². The van der Waals surface area contributed by atoms with Gasteiger partial charge in [0.05, 0.1) is 6.61 Å². The number of aryl methyl sites for hydroxylation is 1. The molecule has 1 N–H and O–H groups in total. The SMILES string of the molecule is Cc1cnc(C#N)c(CO)c1C(F)F. The van der Waals surface area contributed by atoms with Crippen LogP contribution in [0.3, 0.4) is 0 Å². The van der Waals surface area contributed by atoms with E-state index in [0.29, 0.717) is 0 Å². The van der Waals surface area contributed by atoms with Crippen molar-refractivity contribution in [2.24, 2.45) is 0 Å². The number of nitrogens with zero attached hydrogens (tertiary/aromatic N) is 2. The molecule has 0 fully saturated rings. The van der Waals surface area contributed by atoms with Gasteiger partial charge in [-0.3, -0.25) is 0 Å². The summed E-state index contributed by atoms with van der Waals surface area (Å²) >= 11 is 0. The molecule has 0 aliphatic rings. The molecule has 0 bridgehead atoms. The van der Waals surface area contributed by atoms with Crippen LogP contribution in [0, 0.1) is 18.3 Å². The van der Waals surface area contributed by atoms with Crippen molar-refractivity contribution in [1.29, 1.82) is 5.26 Å². The molecule has 0 saturated heterocycles. The molecule has 1 aromatic rings. The smallest absolute Gasteiger partial charge is 0.264 e. The summed E-state index contributed by atoms with van der Waals surface area (Å²) in [5.41, 5.74) is -0.238.